The molecule has 2 heterocycles. The Labute approximate surface area is 178 Å². The molecule has 3 rings (SSSR count). The summed E-state index contributed by atoms with van der Waals surface area (Å²) in [6.45, 7) is 17.0. The van der Waals surface area contributed by atoms with E-state index in [9.17, 15) is 4.79 Å². The number of hydrogen-bond donors (Lipinski definition) is 1. The van der Waals surface area contributed by atoms with Gasteiger partial charge < -0.3 is 15.0 Å². The van der Waals surface area contributed by atoms with E-state index in [1.165, 1.54) is 12.8 Å². The summed E-state index contributed by atoms with van der Waals surface area (Å²) in [5.41, 5.74) is -0.166. The monoisotopic (exact) mass is 408 g/mol. The molecule has 2 saturated heterocycles. The second kappa shape index (κ2) is 9.11. The highest BCUT2D eigenvalue weighted by Gasteiger charge is 2.38. The standard InChI is InChI=1S/C23H44N4O2/c1-22(2,3)29-21(28)27-12-7-8-19(27)16-20(18-9-10-18)24-11-13-26-15-14-25(6)23(4,5)17-26/h18-20,24H,7-17H2,1-6H3/t19-,20+/m0/s1. The van der Waals surface area contributed by atoms with E-state index in [2.05, 4.69) is 36.0 Å². The highest BCUT2D eigenvalue weighted by Crippen LogP contribution is 2.36. The largest absolute Gasteiger partial charge is 0.444 e. The molecule has 0 aromatic carbocycles. The van der Waals surface area contributed by atoms with Gasteiger partial charge in [0.1, 0.15) is 5.60 Å². The van der Waals surface area contributed by atoms with Gasteiger partial charge in [0, 0.05) is 56.9 Å². The van der Waals surface area contributed by atoms with Crippen LogP contribution in [0.25, 0.3) is 0 Å². The van der Waals surface area contributed by atoms with Crippen LogP contribution < -0.4 is 5.32 Å². The minimum Gasteiger partial charge on any atom is -0.444 e. The van der Waals surface area contributed by atoms with Crippen LogP contribution in [-0.2, 0) is 4.74 Å². The zero-order valence-electron chi connectivity index (χ0n) is 19.7. The zero-order chi connectivity index (χ0) is 21.2. The third-order valence-electron chi connectivity index (χ3n) is 6.95. The molecule has 168 valence electrons. The van der Waals surface area contributed by atoms with Crippen LogP contribution >= 0.6 is 0 Å². The summed E-state index contributed by atoms with van der Waals surface area (Å²) in [6, 6.07) is 0.856. The van der Waals surface area contributed by atoms with Gasteiger partial charge in [-0.3, -0.25) is 9.80 Å². The third-order valence-corrected chi connectivity index (χ3v) is 6.95. The van der Waals surface area contributed by atoms with E-state index in [0.717, 1.165) is 64.4 Å². The van der Waals surface area contributed by atoms with Gasteiger partial charge in [-0.2, -0.15) is 0 Å². The third kappa shape index (κ3) is 6.56. The van der Waals surface area contributed by atoms with Crippen LogP contribution in [0.1, 0.15) is 66.7 Å². The summed E-state index contributed by atoms with van der Waals surface area (Å²) in [7, 11) is 2.23. The summed E-state index contributed by atoms with van der Waals surface area (Å²) in [5, 5.41) is 3.87. The molecule has 0 spiro atoms. The van der Waals surface area contributed by atoms with Gasteiger partial charge in [0.15, 0.2) is 0 Å². The van der Waals surface area contributed by atoms with Crippen molar-refractivity contribution in [3.8, 4) is 0 Å². The molecular formula is C23H44N4O2. The second-order valence-electron chi connectivity index (χ2n) is 11.1. The van der Waals surface area contributed by atoms with Crippen LogP contribution in [0.5, 0.6) is 0 Å². The lowest BCUT2D eigenvalue weighted by Gasteiger charge is -2.45. The van der Waals surface area contributed by atoms with Crippen molar-refractivity contribution < 1.29 is 9.53 Å². The van der Waals surface area contributed by atoms with Gasteiger partial charge in [0.2, 0.25) is 0 Å². The number of rotatable bonds is 7. The molecule has 1 N–H and O–H groups in total. The quantitative estimate of drug-likeness (QED) is 0.701. The van der Waals surface area contributed by atoms with Gasteiger partial charge in [-0.25, -0.2) is 4.79 Å². The minimum atomic E-state index is -0.422. The highest BCUT2D eigenvalue weighted by molar-refractivity contribution is 5.68. The average Bonchev–Trinajstić information content (AvgIpc) is 3.34. The van der Waals surface area contributed by atoms with Crippen molar-refractivity contribution in [1.82, 2.24) is 20.0 Å². The number of carbonyl (C=O) groups excluding carboxylic acids is 1. The summed E-state index contributed by atoms with van der Waals surface area (Å²) in [6.07, 6.45) is 5.80. The molecule has 2 aliphatic heterocycles. The Morgan fingerprint density at radius 3 is 2.52 bits per heavy atom. The first kappa shape index (κ1) is 22.8. The molecule has 0 aromatic rings. The fraction of sp³-hybridized carbons (Fsp3) is 0.957. The minimum absolute atomic E-state index is 0.130. The average molecular weight is 409 g/mol. The molecule has 2 atom stereocenters. The predicted octanol–water partition coefficient (Wildman–Crippen LogP) is 3.17. The van der Waals surface area contributed by atoms with E-state index in [1.807, 2.05) is 25.7 Å². The van der Waals surface area contributed by atoms with Gasteiger partial charge in [0.05, 0.1) is 0 Å². The number of nitrogens with zero attached hydrogens (tertiary/aromatic N) is 3. The van der Waals surface area contributed by atoms with Crippen LogP contribution in [0.3, 0.4) is 0 Å². The molecule has 1 aliphatic carbocycles. The van der Waals surface area contributed by atoms with E-state index in [-0.39, 0.29) is 11.6 Å². The molecule has 0 aromatic heterocycles. The van der Waals surface area contributed by atoms with Crippen LogP contribution in [-0.4, -0.2) is 90.3 Å². The summed E-state index contributed by atoms with van der Waals surface area (Å²) < 4.78 is 5.65. The highest BCUT2D eigenvalue weighted by atomic mass is 16.6. The molecule has 3 fully saturated rings. The number of likely N-dealkylation sites (N-methyl/N-ethyl adjacent to an activating group) is 1. The van der Waals surface area contributed by atoms with Crippen LogP contribution in [0.15, 0.2) is 0 Å². The fourth-order valence-electron chi connectivity index (χ4n) is 4.82. The molecular weight excluding hydrogens is 364 g/mol. The zero-order valence-corrected chi connectivity index (χ0v) is 19.7. The lowest BCUT2D eigenvalue weighted by Crippen LogP contribution is -2.58. The number of nitrogens with one attached hydrogen (secondary N) is 1. The molecule has 0 unspecified atom stereocenters. The van der Waals surface area contributed by atoms with E-state index in [4.69, 9.17) is 4.74 Å². The molecule has 1 amide bonds. The fourth-order valence-corrected chi connectivity index (χ4v) is 4.82. The van der Waals surface area contributed by atoms with Crippen LogP contribution in [0, 0.1) is 5.92 Å². The summed E-state index contributed by atoms with van der Waals surface area (Å²) in [4.78, 5) is 19.7. The van der Waals surface area contributed by atoms with Crippen molar-refractivity contribution in [2.24, 2.45) is 5.92 Å². The van der Waals surface area contributed by atoms with Crippen molar-refractivity contribution in [2.75, 3.05) is 46.3 Å². The van der Waals surface area contributed by atoms with E-state index in [0.29, 0.717) is 12.1 Å². The molecule has 0 bridgehead atoms. The number of ether oxygens (including phenoxy) is 1. The van der Waals surface area contributed by atoms with Crippen molar-refractivity contribution in [3.05, 3.63) is 0 Å². The Balaban J connectivity index is 1.47. The van der Waals surface area contributed by atoms with Crippen molar-refractivity contribution in [1.29, 1.82) is 0 Å². The van der Waals surface area contributed by atoms with Gasteiger partial charge in [-0.05, 0) is 79.7 Å². The lowest BCUT2D eigenvalue weighted by molar-refractivity contribution is 0.0210. The van der Waals surface area contributed by atoms with Gasteiger partial charge in [0.25, 0.3) is 0 Å². The lowest BCUT2D eigenvalue weighted by atomic mass is 9.99. The van der Waals surface area contributed by atoms with E-state index < -0.39 is 5.60 Å². The van der Waals surface area contributed by atoms with E-state index >= 15 is 0 Å². The smallest absolute Gasteiger partial charge is 0.410 e. The molecule has 29 heavy (non-hydrogen) atoms. The second-order valence-corrected chi connectivity index (χ2v) is 11.1. The SMILES string of the molecule is CN1CCN(CCN[C@H](C[C@@H]2CCCN2C(=O)OC(C)(C)C)C2CC2)CC1(C)C. The molecule has 6 heteroatoms. The molecule has 6 nitrogen and oxygen atoms in total. The number of piperazine rings is 1. The van der Waals surface area contributed by atoms with Gasteiger partial charge in [-0.15, -0.1) is 0 Å². The Morgan fingerprint density at radius 1 is 1.17 bits per heavy atom. The maximum absolute atomic E-state index is 12.6. The van der Waals surface area contributed by atoms with Crippen LogP contribution in [0.2, 0.25) is 0 Å². The molecule has 3 aliphatic rings. The Hall–Kier alpha value is -0.850. The first-order valence-corrected chi connectivity index (χ1v) is 11.7. The number of carbonyl (C=O) groups is 1. The Bertz CT molecular complexity index is 556. The summed E-state index contributed by atoms with van der Waals surface area (Å²) in [5.74, 6) is 0.792. The Morgan fingerprint density at radius 2 is 1.90 bits per heavy atom. The first-order valence-electron chi connectivity index (χ1n) is 11.7. The summed E-state index contributed by atoms with van der Waals surface area (Å²) >= 11 is 0. The molecule has 0 radical (unpaired) electrons. The predicted molar refractivity (Wildman–Crippen MR) is 118 cm³/mol. The molecule has 1 saturated carbocycles. The maximum atomic E-state index is 12.6. The topological polar surface area (TPSA) is 48.0 Å². The van der Waals surface area contributed by atoms with Gasteiger partial charge >= 0.3 is 6.09 Å². The normalized spacial score (nSPS) is 27.2. The van der Waals surface area contributed by atoms with E-state index in [1.54, 1.807) is 0 Å². The van der Waals surface area contributed by atoms with Crippen LogP contribution in [0.4, 0.5) is 4.79 Å². The Kier molecular flexibility index (Phi) is 7.17. The number of likely N-dealkylation sites (tertiary alicyclic amines) is 1. The maximum Gasteiger partial charge on any atom is 0.410 e. The van der Waals surface area contributed by atoms with Crippen molar-refractivity contribution in [3.63, 3.8) is 0 Å². The van der Waals surface area contributed by atoms with Crippen molar-refractivity contribution >= 4 is 6.09 Å². The number of amides is 1. The number of hydrogen-bond acceptors (Lipinski definition) is 5. The van der Waals surface area contributed by atoms with Crippen molar-refractivity contribution in [2.45, 2.75) is 89.9 Å². The van der Waals surface area contributed by atoms with Gasteiger partial charge in [-0.1, -0.05) is 0 Å². The first-order chi connectivity index (χ1) is 13.5.